The molecule has 0 aromatic carbocycles. The molecule has 0 aliphatic carbocycles. The molecule has 1 rings (SSSR count). The number of carbonyl (C=O) groups is 1. The number of carbonyl (C=O) groups excluding carboxylic acids is 1. The molecule has 38 heavy (non-hydrogen) atoms. The molecule has 1 fully saturated rings. The Morgan fingerprint density at radius 3 is 2.11 bits per heavy atom. The molecule has 6 atom stereocenters. The molecule has 0 saturated carbocycles. The van der Waals surface area contributed by atoms with Gasteiger partial charge in [-0.05, 0) is 12.8 Å². The third-order valence-corrected chi connectivity index (χ3v) is 6.69. The molecular weight excluding hydrogens is 524 g/mol. The maximum absolute atomic E-state index is 12.3. The number of esters is 1. The van der Waals surface area contributed by atoms with Crippen LogP contribution in [0.5, 0.6) is 0 Å². The fourth-order valence-electron chi connectivity index (χ4n) is 4.08. The van der Waals surface area contributed by atoms with E-state index in [-0.39, 0.29) is 19.6 Å². The first-order valence-corrected chi connectivity index (χ1v) is 15.2. The van der Waals surface area contributed by atoms with Crippen LogP contribution in [-0.2, 0) is 38.3 Å². The lowest BCUT2D eigenvalue weighted by atomic mass is 9.99. The van der Waals surface area contributed by atoms with E-state index in [1.54, 1.807) is 0 Å². The fourth-order valence-corrected chi connectivity index (χ4v) is 4.59. The zero-order valence-corrected chi connectivity index (χ0v) is 23.6. The predicted octanol–water partition coefficient (Wildman–Crippen LogP) is 2.28. The van der Waals surface area contributed by atoms with Gasteiger partial charge < -0.3 is 34.3 Å². The molecular formula is C25H48O12S. The largest absolute Gasteiger partial charge is 0.457 e. The van der Waals surface area contributed by atoms with E-state index < -0.39 is 59.8 Å². The van der Waals surface area contributed by atoms with Gasteiger partial charge >= 0.3 is 16.4 Å². The van der Waals surface area contributed by atoms with Gasteiger partial charge in [-0.1, -0.05) is 71.6 Å². The van der Waals surface area contributed by atoms with Gasteiger partial charge in [0, 0.05) is 13.0 Å². The molecule has 0 bridgehead atoms. The fraction of sp³-hybridized carbons (Fsp3) is 0.960. The normalized spacial score (nSPS) is 24.8. The summed E-state index contributed by atoms with van der Waals surface area (Å²) in [7, 11) is -5.03. The molecule has 1 aliphatic rings. The van der Waals surface area contributed by atoms with Gasteiger partial charge in [-0.2, -0.15) is 8.42 Å². The first-order chi connectivity index (χ1) is 18.1. The summed E-state index contributed by atoms with van der Waals surface area (Å²) >= 11 is 0. The van der Waals surface area contributed by atoms with E-state index in [2.05, 4.69) is 18.0 Å². The predicted molar refractivity (Wildman–Crippen MR) is 138 cm³/mol. The molecule has 1 saturated heterocycles. The van der Waals surface area contributed by atoms with Crippen LogP contribution in [0.1, 0.15) is 90.9 Å². The van der Waals surface area contributed by atoms with Gasteiger partial charge in [0.25, 0.3) is 0 Å². The average molecular weight is 573 g/mol. The molecule has 226 valence electrons. The first kappa shape index (κ1) is 35.1. The summed E-state index contributed by atoms with van der Waals surface area (Å²) in [4.78, 5) is 12.3. The molecule has 13 heteroatoms. The van der Waals surface area contributed by atoms with Crippen molar-refractivity contribution < 1.29 is 56.2 Å². The highest BCUT2D eigenvalue weighted by atomic mass is 32.3. The number of rotatable bonds is 22. The molecule has 12 nitrogen and oxygen atoms in total. The van der Waals surface area contributed by atoms with E-state index in [0.717, 1.165) is 38.5 Å². The summed E-state index contributed by atoms with van der Waals surface area (Å²) in [6, 6.07) is 0. The molecule has 0 spiro atoms. The summed E-state index contributed by atoms with van der Waals surface area (Å²) in [5.74, 6) is -0.421. The number of unbranched alkanes of at least 4 members (excludes halogenated alkanes) is 9. The van der Waals surface area contributed by atoms with Crippen molar-refractivity contribution in [2.24, 2.45) is 0 Å². The SMILES string of the molecule is CCCCCCCCCOCC(COC1OC(CO)C(O)C(OS(=O)(=O)O)C1O)OC(=O)CCCCCC. The Bertz CT molecular complexity index is 719. The minimum Gasteiger partial charge on any atom is -0.457 e. The molecule has 6 unspecified atom stereocenters. The van der Waals surface area contributed by atoms with Crippen LogP contribution in [0.25, 0.3) is 0 Å². The lowest BCUT2D eigenvalue weighted by Gasteiger charge is -2.41. The highest BCUT2D eigenvalue weighted by Gasteiger charge is 2.48. The van der Waals surface area contributed by atoms with Crippen molar-refractivity contribution in [3.63, 3.8) is 0 Å². The third-order valence-electron chi connectivity index (χ3n) is 6.23. The lowest BCUT2D eigenvalue weighted by Crippen LogP contribution is -2.60. The molecule has 0 aromatic heterocycles. The summed E-state index contributed by atoms with van der Waals surface area (Å²) in [5.41, 5.74) is 0. The second-order valence-corrected chi connectivity index (χ2v) is 10.7. The average Bonchev–Trinajstić information content (AvgIpc) is 2.86. The maximum atomic E-state index is 12.3. The second-order valence-electron chi connectivity index (χ2n) is 9.65. The van der Waals surface area contributed by atoms with E-state index in [0.29, 0.717) is 13.0 Å². The van der Waals surface area contributed by atoms with E-state index >= 15 is 0 Å². The van der Waals surface area contributed by atoms with E-state index in [4.69, 9.17) is 23.5 Å². The van der Waals surface area contributed by atoms with E-state index in [1.807, 2.05) is 0 Å². The van der Waals surface area contributed by atoms with E-state index in [1.165, 1.54) is 25.7 Å². The molecule has 0 radical (unpaired) electrons. The third kappa shape index (κ3) is 15.0. The Hall–Kier alpha value is -0.900. The zero-order chi connectivity index (χ0) is 28.4. The van der Waals surface area contributed by atoms with Gasteiger partial charge in [0.15, 0.2) is 6.29 Å². The van der Waals surface area contributed by atoms with Crippen LogP contribution in [0.3, 0.4) is 0 Å². The molecule has 0 aromatic rings. The van der Waals surface area contributed by atoms with Crippen LogP contribution in [0, 0.1) is 0 Å². The van der Waals surface area contributed by atoms with Crippen molar-refractivity contribution in [2.45, 2.75) is 128 Å². The number of aliphatic hydroxyl groups is 3. The van der Waals surface area contributed by atoms with Crippen LogP contribution in [-0.4, -0.2) is 97.5 Å². The zero-order valence-electron chi connectivity index (χ0n) is 22.7. The summed E-state index contributed by atoms with van der Waals surface area (Å²) in [5, 5.41) is 30.1. The molecule has 4 N–H and O–H groups in total. The van der Waals surface area contributed by atoms with Gasteiger partial charge in [0.2, 0.25) is 0 Å². The van der Waals surface area contributed by atoms with Crippen LogP contribution in [0.2, 0.25) is 0 Å². The van der Waals surface area contributed by atoms with Crippen LogP contribution in [0.15, 0.2) is 0 Å². The standard InChI is InChI=1S/C25H48O12S/c1-3-5-7-9-10-11-13-15-33-17-19(35-21(27)14-12-8-6-4-2)18-34-25-23(29)24(37-38(30,31)32)22(28)20(16-26)36-25/h19-20,22-26,28-29H,3-18H2,1-2H3,(H,30,31,32). The Morgan fingerprint density at radius 1 is 0.895 bits per heavy atom. The highest BCUT2D eigenvalue weighted by Crippen LogP contribution is 2.25. The minimum atomic E-state index is -5.03. The summed E-state index contributed by atoms with van der Waals surface area (Å²) < 4.78 is 57.8. The number of hydrogen-bond acceptors (Lipinski definition) is 11. The van der Waals surface area contributed by atoms with Crippen LogP contribution in [0.4, 0.5) is 0 Å². The van der Waals surface area contributed by atoms with Gasteiger partial charge in [-0.25, -0.2) is 4.18 Å². The number of ether oxygens (including phenoxy) is 4. The van der Waals surface area contributed by atoms with Crippen molar-refractivity contribution in [1.29, 1.82) is 0 Å². The first-order valence-electron chi connectivity index (χ1n) is 13.8. The molecule has 1 heterocycles. The Balaban J connectivity index is 2.66. The topological polar surface area (TPSA) is 178 Å². The van der Waals surface area contributed by atoms with Gasteiger partial charge in [-0.3, -0.25) is 9.35 Å². The molecule has 0 amide bonds. The quantitative estimate of drug-likeness (QED) is 0.0846. The van der Waals surface area contributed by atoms with Crippen molar-refractivity contribution in [3.8, 4) is 0 Å². The van der Waals surface area contributed by atoms with Crippen molar-refractivity contribution in [2.75, 3.05) is 26.4 Å². The van der Waals surface area contributed by atoms with Crippen molar-refractivity contribution in [1.82, 2.24) is 0 Å². The smallest absolute Gasteiger partial charge is 0.397 e. The van der Waals surface area contributed by atoms with E-state index in [9.17, 15) is 28.5 Å². The maximum Gasteiger partial charge on any atom is 0.397 e. The Morgan fingerprint density at radius 2 is 1.50 bits per heavy atom. The van der Waals surface area contributed by atoms with Gasteiger partial charge in [0.1, 0.15) is 30.5 Å². The van der Waals surface area contributed by atoms with Crippen LogP contribution >= 0.6 is 0 Å². The summed E-state index contributed by atoms with van der Waals surface area (Å²) in [6.45, 7) is 3.75. The number of hydrogen-bond donors (Lipinski definition) is 4. The Kier molecular flexibility index (Phi) is 18.5. The van der Waals surface area contributed by atoms with Gasteiger partial charge in [-0.15, -0.1) is 0 Å². The van der Waals surface area contributed by atoms with Gasteiger partial charge in [0.05, 0.1) is 19.8 Å². The monoisotopic (exact) mass is 572 g/mol. The lowest BCUT2D eigenvalue weighted by molar-refractivity contribution is -0.301. The highest BCUT2D eigenvalue weighted by molar-refractivity contribution is 7.80. The summed E-state index contributed by atoms with van der Waals surface area (Å²) in [6.07, 6.45) is 2.56. The minimum absolute atomic E-state index is 0.0380. The van der Waals surface area contributed by atoms with Crippen molar-refractivity contribution in [3.05, 3.63) is 0 Å². The second kappa shape index (κ2) is 20.0. The Labute approximate surface area is 226 Å². The van der Waals surface area contributed by atoms with Crippen LogP contribution < -0.4 is 0 Å². The number of aliphatic hydroxyl groups excluding tert-OH is 3. The molecule has 1 aliphatic heterocycles. The van der Waals surface area contributed by atoms with Crippen molar-refractivity contribution >= 4 is 16.4 Å².